The Morgan fingerprint density at radius 1 is 1.54 bits per heavy atom. The molecule has 0 unspecified atom stereocenters. The van der Waals surface area contributed by atoms with Gasteiger partial charge in [0.25, 0.3) is 5.56 Å². The molecule has 0 spiro atoms. The van der Waals surface area contributed by atoms with Crippen LogP contribution in [0.15, 0.2) is 23.1 Å². The summed E-state index contributed by atoms with van der Waals surface area (Å²) in [6.45, 7) is 0. The number of aromatic amines is 1. The summed E-state index contributed by atoms with van der Waals surface area (Å²) in [6, 6.07) is 3.14. The lowest BCUT2D eigenvalue weighted by Crippen LogP contribution is -2.09. The van der Waals surface area contributed by atoms with E-state index in [4.69, 9.17) is 11.6 Å². The molecule has 1 N–H and O–H groups in total. The van der Waals surface area contributed by atoms with Crippen molar-refractivity contribution < 1.29 is 4.39 Å². The van der Waals surface area contributed by atoms with Gasteiger partial charge in [0.1, 0.15) is 10.5 Å². The first kappa shape index (κ1) is 8.19. The van der Waals surface area contributed by atoms with E-state index in [0.717, 1.165) is 0 Å². The van der Waals surface area contributed by atoms with Crippen molar-refractivity contribution in [1.82, 2.24) is 9.97 Å². The van der Waals surface area contributed by atoms with Gasteiger partial charge in [-0.25, -0.2) is 0 Å². The van der Waals surface area contributed by atoms with Crippen LogP contribution in [0, 0.1) is 5.95 Å². The highest BCUT2D eigenvalue weighted by Gasteiger charge is 2.08. The fourth-order valence-electron chi connectivity index (χ4n) is 1.09. The molecule has 66 valence electrons. The Balaban J connectivity index is 3.06. The van der Waals surface area contributed by atoms with Crippen LogP contribution in [0.3, 0.4) is 0 Å². The van der Waals surface area contributed by atoms with Gasteiger partial charge < -0.3 is 0 Å². The molecule has 0 radical (unpaired) electrons. The van der Waals surface area contributed by atoms with Crippen LogP contribution in [-0.2, 0) is 0 Å². The van der Waals surface area contributed by atoms with E-state index in [1.807, 2.05) is 4.98 Å². The molecule has 0 aliphatic carbocycles. The lowest BCUT2D eigenvalue weighted by molar-refractivity contribution is 0.589. The van der Waals surface area contributed by atoms with Gasteiger partial charge in [-0.2, -0.15) is 4.39 Å². The highest BCUT2D eigenvalue weighted by molar-refractivity contribution is 6.35. The van der Waals surface area contributed by atoms with Gasteiger partial charge in [0, 0.05) is 11.6 Å². The van der Waals surface area contributed by atoms with Crippen LogP contribution >= 0.6 is 11.6 Å². The standard InChI is InChI=1S/C8H4ClFN2O/c9-5-4-2-1-3-11-6(4)7(10)12-8(5)13/h1-3H,(H,12,13). The average molecular weight is 199 g/mol. The van der Waals surface area contributed by atoms with Crippen LogP contribution in [0.1, 0.15) is 0 Å². The quantitative estimate of drug-likeness (QED) is 0.655. The highest BCUT2D eigenvalue weighted by atomic mass is 35.5. The van der Waals surface area contributed by atoms with Crippen molar-refractivity contribution in [1.29, 1.82) is 0 Å². The number of aromatic nitrogens is 2. The normalized spacial score (nSPS) is 10.6. The summed E-state index contributed by atoms with van der Waals surface area (Å²) in [5.74, 6) is -0.759. The van der Waals surface area contributed by atoms with Gasteiger partial charge >= 0.3 is 0 Å². The SMILES string of the molecule is O=c1[nH]c(F)c2ncccc2c1Cl. The first-order valence-electron chi connectivity index (χ1n) is 3.52. The number of hydrogen-bond donors (Lipinski definition) is 1. The highest BCUT2D eigenvalue weighted by Crippen LogP contribution is 2.18. The zero-order valence-corrected chi connectivity index (χ0v) is 7.10. The second-order valence-electron chi connectivity index (χ2n) is 2.48. The molecule has 5 heteroatoms. The molecule has 0 saturated carbocycles. The lowest BCUT2D eigenvalue weighted by atomic mass is 10.2. The van der Waals surface area contributed by atoms with E-state index in [1.54, 1.807) is 12.1 Å². The Morgan fingerprint density at radius 2 is 2.31 bits per heavy atom. The third kappa shape index (κ3) is 1.19. The molecule has 3 nitrogen and oxygen atoms in total. The molecule has 2 rings (SSSR count). The molecule has 0 aliphatic heterocycles. The first-order valence-corrected chi connectivity index (χ1v) is 3.90. The van der Waals surface area contributed by atoms with Crippen molar-refractivity contribution in [2.45, 2.75) is 0 Å². The minimum atomic E-state index is -0.759. The van der Waals surface area contributed by atoms with E-state index < -0.39 is 11.5 Å². The summed E-state index contributed by atoms with van der Waals surface area (Å²) >= 11 is 5.65. The molecular weight excluding hydrogens is 195 g/mol. The van der Waals surface area contributed by atoms with Crippen molar-refractivity contribution >= 4 is 22.5 Å². The number of halogens is 2. The summed E-state index contributed by atoms with van der Waals surface area (Å²) in [4.78, 5) is 16.7. The van der Waals surface area contributed by atoms with E-state index in [0.29, 0.717) is 5.39 Å². The topological polar surface area (TPSA) is 45.8 Å². The van der Waals surface area contributed by atoms with Gasteiger partial charge in [0.15, 0.2) is 0 Å². The van der Waals surface area contributed by atoms with Gasteiger partial charge in [-0.3, -0.25) is 14.8 Å². The van der Waals surface area contributed by atoms with Crippen LogP contribution in [0.5, 0.6) is 0 Å². The predicted molar refractivity (Wildman–Crippen MR) is 47.3 cm³/mol. The third-order valence-electron chi connectivity index (χ3n) is 1.67. The lowest BCUT2D eigenvalue weighted by Gasteiger charge is -1.98. The van der Waals surface area contributed by atoms with Crippen LogP contribution in [0.4, 0.5) is 4.39 Å². The van der Waals surface area contributed by atoms with E-state index in [9.17, 15) is 9.18 Å². The van der Waals surface area contributed by atoms with Gasteiger partial charge in [0.05, 0.1) is 0 Å². The van der Waals surface area contributed by atoms with Gasteiger partial charge in [-0.1, -0.05) is 11.6 Å². The van der Waals surface area contributed by atoms with Crippen LogP contribution < -0.4 is 5.56 Å². The molecule has 0 amide bonds. The fourth-order valence-corrected chi connectivity index (χ4v) is 1.29. The van der Waals surface area contributed by atoms with Gasteiger partial charge in [0.2, 0.25) is 5.95 Å². The third-order valence-corrected chi connectivity index (χ3v) is 2.05. The molecule has 0 atom stereocenters. The summed E-state index contributed by atoms with van der Waals surface area (Å²) in [6.07, 6.45) is 1.43. The maximum Gasteiger partial charge on any atom is 0.269 e. The monoisotopic (exact) mass is 198 g/mol. The van der Waals surface area contributed by atoms with Crippen molar-refractivity contribution in [3.63, 3.8) is 0 Å². The molecule has 2 heterocycles. The number of rotatable bonds is 0. The summed E-state index contributed by atoms with van der Waals surface area (Å²) in [5, 5.41) is 0.287. The Bertz CT molecular complexity index is 523. The summed E-state index contributed by atoms with van der Waals surface area (Å²) in [7, 11) is 0. The molecular formula is C8H4ClFN2O. The number of H-pyrrole nitrogens is 1. The van der Waals surface area contributed by atoms with Gasteiger partial charge in [-0.05, 0) is 12.1 Å². The first-order chi connectivity index (χ1) is 6.20. The smallest absolute Gasteiger partial charge is 0.269 e. The second kappa shape index (κ2) is 2.81. The summed E-state index contributed by atoms with van der Waals surface area (Å²) < 4.78 is 13.1. The Labute approximate surface area is 77.2 Å². The molecule has 0 aliphatic rings. The van der Waals surface area contributed by atoms with Crippen LogP contribution in [-0.4, -0.2) is 9.97 Å². The number of hydrogen-bond acceptors (Lipinski definition) is 2. The van der Waals surface area contributed by atoms with Crippen molar-refractivity contribution in [3.05, 3.63) is 39.7 Å². The average Bonchev–Trinajstić information content (AvgIpc) is 2.15. The molecule has 0 saturated heterocycles. The minimum absolute atomic E-state index is 0.0375. The van der Waals surface area contributed by atoms with Crippen molar-refractivity contribution in [2.75, 3.05) is 0 Å². The number of nitrogens with one attached hydrogen (secondary N) is 1. The molecule has 0 bridgehead atoms. The predicted octanol–water partition coefficient (Wildman–Crippen LogP) is 1.72. The number of nitrogens with zero attached hydrogens (tertiary/aromatic N) is 1. The molecule has 0 fully saturated rings. The largest absolute Gasteiger partial charge is 0.296 e. The van der Waals surface area contributed by atoms with Crippen molar-refractivity contribution in [2.24, 2.45) is 0 Å². The number of fused-ring (bicyclic) bond motifs is 1. The second-order valence-corrected chi connectivity index (χ2v) is 2.86. The molecule has 2 aromatic heterocycles. The fraction of sp³-hybridized carbons (Fsp3) is 0. The molecule has 2 aromatic rings. The van der Waals surface area contributed by atoms with E-state index in [1.165, 1.54) is 6.20 Å². The minimum Gasteiger partial charge on any atom is -0.296 e. The Kier molecular flexibility index (Phi) is 1.77. The Hall–Kier alpha value is -1.42. The molecule has 13 heavy (non-hydrogen) atoms. The summed E-state index contributed by atoms with van der Waals surface area (Å²) in [5.41, 5.74) is -0.563. The van der Waals surface area contributed by atoms with Crippen LogP contribution in [0.25, 0.3) is 10.9 Å². The van der Waals surface area contributed by atoms with Gasteiger partial charge in [-0.15, -0.1) is 0 Å². The van der Waals surface area contributed by atoms with E-state index in [-0.39, 0.29) is 10.5 Å². The van der Waals surface area contributed by atoms with Crippen LogP contribution in [0.2, 0.25) is 5.02 Å². The molecule has 0 aromatic carbocycles. The van der Waals surface area contributed by atoms with Crippen molar-refractivity contribution in [3.8, 4) is 0 Å². The zero-order chi connectivity index (χ0) is 9.42. The van der Waals surface area contributed by atoms with E-state index in [2.05, 4.69) is 4.98 Å². The Morgan fingerprint density at radius 3 is 3.08 bits per heavy atom. The van der Waals surface area contributed by atoms with E-state index >= 15 is 0 Å². The zero-order valence-electron chi connectivity index (χ0n) is 6.34. The maximum atomic E-state index is 13.1. The number of pyridine rings is 2. The maximum absolute atomic E-state index is 13.1.